The number of carbonyl (C=O) groups is 1. The zero-order valence-electron chi connectivity index (χ0n) is 16.8. The van der Waals surface area contributed by atoms with E-state index in [1.165, 1.54) is 46.7 Å². The minimum atomic E-state index is -3.67. The summed E-state index contributed by atoms with van der Waals surface area (Å²) in [5, 5.41) is 0. The van der Waals surface area contributed by atoms with Gasteiger partial charge in [-0.3, -0.25) is 4.79 Å². The van der Waals surface area contributed by atoms with Crippen molar-refractivity contribution < 1.29 is 31.5 Å². The third kappa shape index (κ3) is 5.59. The Morgan fingerprint density at radius 2 is 1.68 bits per heavy atom. The van der Waals surface area contributed by atoms with Crippen molar-refractivity contribution in [3.05, 3.63) is 60.2 Å². The number of piperazine rings is 1. The van der Waals surface area contributed by atoms with E-state index >= 15 is 0 Å². The predicted octanol–water partition coefficient (Wildman–Crippen LogP) is 2.84. The van der Waals surface area contributed by atoms with E-state index in [-0.39, 0.29) is 42.7 Å². The van der Waals surface area contributed by atoms with E-state index in [4.69, 9.17) is 4.74 Å². The lowest BCUT2D eigenvalue weighted by molar-refractivity contribution is -0.127. The summed E-state index contributed by atoms with van der Waals surface area (Å²) in [5.41, 5.74) is 0.344. The number of rotatable bonds is 7. The van der Waals surface area contributed by atoms with Gasteiger partial charge in [-0.1, -0.05) is 18.2 Å². The van der Waals surface area contributed by atoms with Gasteiger partial charge in [0, 0.05) is 37.8 Å². The highest BCUT2D eigenvalue weighted by Crippen LogP contribution is 2.23. The number of hydrogen-bond donors (Lipinski definition) is 0. The lowest BCUT2D eigenvalue weighted by Crippen LogP contribution is -2.50. The summed E-state index contributed by atoms with van der Waals surface area (Å²) in [5.74, 6) is 0.187. The molecule has 166 valence electrons. The second-order valence-corrected chi connectivity index (χ2v) is 8.59. The van der Waals surface area contributed by atoms with Crippen LogP contribution < -0.4 is 9.47 Å². The van der Waals surface area contributed by atoms with Crippen molar-refractivity contribution >= 4 is 22.0 Å². The van der Waals surface area contributed by atoms with E-state index in [1.54, 1.807) is 30.3 Å². The lowest BCUT2D eigenvalue weighted by atomic mass is 10.2. The summed E-state index contributed by atoms with van der Waals surface area (Å²) >= 11 is 0. The summed E-state index contributed by atoms with van der Waals surface area (Å²) in [6.45, 7) is -2.23. The Hall–Kier alpha value is -2.98. The zero-order valence-corrected chi connectivity index (χ0v) is 17.6. The molecule has 1 amide bonds. The monoisotopic (exact) mass is 452 g/mol. The number of methoxy groups -OCH3 is 1. The van der Waals surface area contributed by atoms with Crippen molar-refractivity contribution in [2.24, 2.45) is 0 Å². The van der Waals surface area contributed by atoms with E-state index in [0.717, 1.165) is 0 Å². The summed E-state index contributed by atoms with van der Waals surface area (Å²) in [6, 6.07) is 12.3. The van der Waals surface area contributed by atoms with Crippen molar-refractivity contribution in [3.63, 3.8) is 0 Å². The number of alkyl halides is 2. The van der Waals surface area contributed by atoms with Crippen LogP contribution in [0.4, 0.5) is 8.78 Å². The summed E-state index contributed by atoms with van der Waals surface area (Å²) in [7, 11) is -2.18. The van der Waals surface area contributed by atoms with Crippen molar-refractivity contribution in [3.8, 4) is 11.5 Å². The Kier molecular flexibility index (Phi) is 7.24. The van der Waals surface area contributed by atoms with E-state index < -0.39 is 16.6 Å². The number of amides is 1. The summed E-state index contributed by atoms with van der Waals surface area (Å²) < 4.78 is 61.4. The minimum Gasteiger partial charge on any atom is -0.497 e. The van der Waals surface area contributed by atoms with Crippen LogP contribution >= 0.6 is 0 Å². The molecule has 1 aliphatic rings. The predicted molar refractivity (Wildman–Crippen MR) is 110 cm³/mol. The number of sulfonamides is 1. The molecule has 1 heterocycles. The Bertz CT molecular complexity index is 1030. The van der Waals surface area contributed by atoms with Crippen LogP contribution in [0.15, 0.2) is 59.5 Å². The van der Waals surface area contributed by atoms with E-state index in [2.05, 4.69) is 4.74 Å². The molecule has 0 spiro atoms. The van der Waals surface area contributed by atoms with Gasteiger partial charge in [0.2, 0.25) is 15.9 Å². The number of nitrogens with zero attached hydrogens (tertiary/aromatic N) is 2. The van der Waals surface area contributed by atoms with Crippen molar-refractivity contribution in [2.75, 3.05) is 33.3 Å². The molecular formula is C21H22F2N2O5S. The second kappa shape index (κ2) is 9.88. The maximum Gasteiger partial charge on any atom is 0.387 e. The normalized spacial score (nSPS) is 15.4. The maximum absolute atomic E-state index is 12.8. The fourth-order valence-corrected chi connectivity index (χ4v) is 4.56. The first-order chi connectivity index (χ1) is 14.8. The standard InChI is InChI=1S/C21H22F2N2O5S/c1-29-17-7-9-18(10-8-17)31(27,28)25-14-12-24(13-15-25)20(26)11-6-16-4-2-3-5-19(16)30-21(22)23/h2-11,21H,12-15H2,1H3/b11-6+. The average Bonchev–Trinajstić information content (AvgIpc) is 2.78. The Morgan fingerprint density at radius 1 is 1.03 bits per heavy atom. The fraction of sp³-hybridized carbons (Fsp3) is 0.286. The molecule has 0 unspecified atom stereocenters. The van der Waals surface area contributed by atoms with Crippen LogP contribution in [0.25, 0.3) is 6.08 Å². The van der Waals surface area contributed by atoms with Gasteiger partial charge >= 0.3 is 6.61 Å². The number of halogens is 2. The van der Waals surface area contributed by atoms with Crippen LogP contribution in [0, 0.1) is 0 Å². The smallest absolute Gasteiger partial charge is 0.387 e. The molecule has 0 radical (unpaired) electrons. The SMILES string of the molecule is COc1ccc(S(=O)(=O)N2CCN(C(=O)/C=C/c3ccccc3OC(F)F)CC2)cc1. The van der Waals surface area contributed by atoms with Gasteiger partial charge in [0.1, 0.15) is 11.5 Å². The number of ether oxygens (including phenoxy) is 2. The first-order valence-electron chi connectivity index (χ1n) is 9.46. The summed E-state index contributed by atoms with van der Waals surface area (Å²) in [4.78, 5) is 14.1. The molecule has 0 aromatic heterocycles. The largest absolute Gasteiger partial charge is 0.497 e. The third-order valence-electron chi connectivity index (χ3n) is 4.79. The molecular weight excluding hydrogens is 430 g/mol. The molecule has 1 aliphatic heterocycles. The van der Waals surface area contributed by atoms with Crippen LogP contribution in [0.3, 0.4) is 0 Å². The van der Waals surface area contributed by atoms with Gasteiger partial charge in [-0.15, -0.1) is 0 Å². The van der Waals surface area contributed by atoms with Gasteiger partial charge in [-0.2, -0.15) is 13.1 Å². The number of benzene rings is 2. The molecule has 0 aliphatic carbocycles. The van der Waals surface area contributed by atoms with Crippen LogP contribution in [0.2, 0.25) is 0 Å². The van der Waals surface area contributed by atoms with Gasteiger partial charge in [-0.05, 0) is 36.4 Å². The highest BCUT2D eigenvalue weighted by atomic mass is 32.2. The van der Waals surface area contributed by atoms with Crippen LogP contribution in [0.1, 0.15) is 5.56 Å². The molecule has 0 saturated carbocycles. The molecule has 0 atom stereocenters. The molecule has 31 heavy (non-hydrogen) atoms. The first-order valence-corrected chi connectivity index (χ1v) is 10.9. The van der Waals surface area contributed by atoms with Crippen LogP contribution in [-0.4, -0.2) is 63.4 Å². The van der Waals surface area contributed by atoms with Gasteiger partial charge in [0.05, 0.1) is 12.0 Å². The third-order valence-corrected chi connectivity index (χ3v) is 6.70. The highest BCUT2D eigenvalue weighted by Gasteiger charge is 2.29. The Morgan fingerprint density at radius 3 is 2.29 bits per heavy atom. The molecule has 0 N–H and O–H groups in total. The Labute approximate surface area is 179 Å². The van der Waals surface area contributed by atoms with E-state index in [1.807, 2.05) is 0 Å². The first kappa shape index (κ1) is 22.7. The number of carbonyl (C=O) groups excluding carboxylic acids is 1. The Balaban J connectivity index is 1.61. The quantitative estimate of drug-likeness (QED) is 0.604. The second-order valence-electron chi connectivity index (χ2n) is 6.65. The van der Waals surface area contributed by atoms with E-state index in [0.29, 0.717) is 11.3 Å². The van der Waals surface area contributed by atoms with Crippen molar-refractivity contribution in [2.45, 2.75) is 11.5 Å². The molecule has 7 nitrogen and oxygen atoms in total. The molecule has 1 saturated heterocycles. The number of para-hydroxylation sites is 1. The van der Waals surface area contributed by atoms with Crippen molar-refractivity contribution in [1.82, 2.24) is 9.21 Å². The molecule has 0 bridgehead atoms. The van der Waals surface area contributed by atoms with E-state index in [9.17, 15) is 22.0 Å². The molecule has 3 rings (SSSR count). The molecule has 2 aromatic rings. The highest BCUT2D eigenvalue weighted by molar-refractivity contribution is 7.89. The zero-order chi connectivity index (χ0) is 22.4. The summed E-state index contributed by atoms with van der Waals surface area (Å²) in [6.07, 6.45) is 2.67. The average molecular weight is 452 g/mol. The molecule has 2 aromatic carbocycles. The topological polar surface area (TPSA) is 76.2 Å². The lowest BCUT2D eigenvalue weighted by Gasteiger charge is -2.33. The van der Waals surface area contributed by atoms with Crippen LogP contribution in [0.5, 0.6) is 11.5 Å². The molecule has 10 heteroatoms. The van der Waals surface area contributed by atoms with Gasteiger partial charge < -0.3 is 14.4 Å². The van der Waals surface area contributed by atoms with Gasteiger partial charge in [0.15, 0.2) is 0 Å². The fourth-order valence-electron chi connectivity index (χ4n) is 3.13. The van der Waals surface area contributed by atoms with Crippen molar-refractivity contribution in [1.29, 1.82) is 0 Å². The van der Waals surface area contributed by atoms with Gasteiger partial charge in [0.25, 0.3) is 0 Å². The minimum absolute atomic E-state index is 0.0306. The van der Waals surface area contributed by atoms with Gasteiger partial charge in [-0.25, -0.2) is 8.42 Å². The maximum atomic E-state index is 12.8. The molecule has 1 fully saturated rings. The van der Waals surface area contributed by atoms with Crippen LogP contribution in [-0.2, 0) is 14.8 Å². The number of hydrogen-bond acceptors (Lipinski definition) is 5.